The first-order valence-electron chi connectivity index (χ1n) is 11.7. The molecular weight excluding hydrogens is 586 g/mol. The monoisotopic (exact) mass is 607 g/mol. The van der Waals surface area contributed by atoms with E-state index in [1.54, 1.807) is 37.3 Å². The molecule has 1 heterocycles. The van der Waals surface area contributed by atoms with E-state index in [9.17, 15) is 14.9 Å². The summed E-state index contributed by atoms with van der Waals surface area (Å²) in [6.45, 7) is 1.90. The molecule has 192 valence electrons. The number of thioether (sulfide) groups is 1. The number of nitrogens with zero attached hydrogens (tertiary/aromatic N) is 1. The molecule has 1 amide bonds. The quantitative estimate of drug-likeness (QED) is 0.271. The van der Waals surface area contributed by atoms with Crippen LogP contribution in [0.25, 0.3) is 5.70 Å². The van der Waals surface area contributed by atoms with Gasteiger partial charge in [-0.05, 0) is 48.4 Å². The molecule has 3 aromatic carbocycles. The van der Waals surface area contributed by atoms with Crippen molar-refractivity contribution in [1.82, 2.24) is 5.32 Å². The van der Waals surface area contributed by atoms with Crippen molar-refractivity contribution in [3.8, 4) is 6.07 Å². The van der Waals surface area contributed by atoms with Crippen LogP contribution in [0.3, 0.4) is 0 Å². The molecule has 0 bridgehead atoms. The number of nitrogens with one attached hydrogen (secondary N) is 2. The zero-order valence-electron chi connectivity index (χ0n) is 20.3. The molecule has 0 spiro atoms. The molecule has 2 N–H and O–H groups in total. The molecule has 0 saturated carbocycles. The van der Waals surface area contributed by atoms with Gasteiger partial charge in [-0.2, -0.15) is 5.26 Å². The first-order valence-corrected chi connectivity index (χ1v) is 13.9. The first-order chi connectivity index (χ1) is 18.4. The molecule has 0 fully saturated rings. The van der Waals surface area contributed by atoms with E-state index in [2.05, 4.69) is 32.6 Å². The normalized spacial score (nSPS) is 14.9. The minimum atomic E-state index is -0.791. The van der Waals surface area contributed by atoms with Gasteiger partial charge in [-0.25, -0.2) is 4.79 Å². The van der Waals surface area contributed by atoms with Crippen molar-refractivity contribution in [3.05, 3.63) is 116 Å². The Morgan fingerprint density at radius 2 is 1.76 bits per heavy atom. The lowest BCUT2D eigenvalue weighted by Crippen LogP contribution is -2.30. The molecule has 0 aromatic heterocycles. The van der Waals surface area contributed by atoms with Gasteiger partial charge in [-0.15, -0.1) is 0 Å². The van der Waals surface area contributed by atoms with Crippen LogP contribution in [0.15, 0.2) is 99.5 Å². The number of dihydropyridines is 1. The van der Waals surface area contributed by atoms with E-state index < -0.39 is 11.9 Å². The van der Waals surface area contributed by atoms with Crippen LogP contribution in [0, 0.1) is 11.3 Å². The predicted octanol–water partition coefficient (Wildman–Crippen LogP) is 6.87. The van der Waals surface area contributed by atoms with Gasteiger partial charge in [0.1, 0.15) is 0 Å². The van der Waals surface area contributed by atoms with Gasteiger partial charge in [0.2, 0.25) is 5.91 Å². The van der Waals surface area contributed by atoms with Crippen molar-refractivity contribution in [2.75, 3.05) is 17.7 Å². The molecule has 3 aromatic rings. The molecule has 0 saturated heterocycles. The average Bonchev–Trinajstić information content (AvgIpc) is 2.93. The number of ether oxygens (including phenoxy) is 1. The summed E-state index contributed by atoms with van der Waals surface area (Å²) in [5, 5.41) is 17.3. The fourth-order valence-corrected chi connectivity index (χ4v) is 5.40. The van der Waals surface area contributed by atoms with Crippen LogP contribution in [0.2, 0.25) is 5.02 Å². The Bertz CT molecular complexity index is 1450. The van der Waals surface area contributed by atoms with Crippen LogP contribution in [0.4, 0.5) is 5.69 Å². The zero-order chi connectivity index (χ0) is 27.1. The molecule has 1 unspecified atom stereocenters. The second kappa shape index (κ2) is 12.8. The third kappa shape index (κ3) is 6.30. The largest absolute Gasteiger partial charge is 0.463 e. The number of benzene rings is 3. The van der Waals surface area contributed by atoms with Crippen molar-refractivity contribution < 1.29 is 14.3 Å². The summed E-state index contributed by atoms with van der Waals surface area (Å²) in [5.41, 5.74) is 3.06. The lowest BCUT2D eigenvalue weighted by Gasteiger charge is -2.31. The summed E-state index contributed by atoms with van der Waals surface area (Å²) >= 11 is 11.2. The summed E-state index contributed by atoms with van der Waals surface area (Å²) < 4.78 is 6.35. The Morgan fingerprint density at radius 1 is 1.08 bits per heavy atom. The number of nitriles is 1. The molecule has 0 radical (unpaired) electrons. The number of hydrogen-bond acceptors (Lipinski definition) is 6. The minimum Gasteiger partial charge on any atom is -0.463 e. The van der Waals surface area contributed by atoms with Crippen LogP contribution in [0.1, 0.15) is 24.0 Å². The smallest absolute Gasteiger partial charge is 0.337 e. The summed E-state index contributed by atoms with van der Waals surface area (Å²) in [6, 6.07) is 26.0. The van der Waals surface area contributed by atoms with Crippen LogP contribution in [-0.4, -0.2) is 24.2 Å². The van der Waals surface area contributed by atoms with Gasteiger partial charge in [-0.3, -0.25) is 4.79 Å². The number of esters is 1. The molecule has 1 atom stereocenters. The Labute approximate surface area is 238 Å². The van der Waals surface area contributed by atoms with Gasteiger partial charge in [0.15, 0.2) is 0 Å². The highest BCUT2D eigenvalue weighted by Crippen LogP contribution is 2.45. The van der Waals surface area contributed by atoms with Crippen molar-refractivity contribution in [1.29, 1.82) is 5.26 Å². The maximum Gasteiger partial charge on any atom is 0.337 e. The van der Waals surface area contributed by atoms with Crippen LogP contribution in [-0.2, 0) is 14.3 Å². The second-order valence-corrected chi connectivity index (χ2v) is 10.5. The van der Waals surface area contributed by atoms with Gasteiger partial charge >= 0.3 is 5.97 Å². The summed E-state index contributed by atoms with van der Waals surface area (Å²) in [4.78, 5) is 26.1. The van der Waals surface area contributed by atoms with E-state index >= 15 is 0 Å². The molecular formula is C29H23BrClN3O3S. The Balaban J connectivity index is 1.76. The van der Waals surface area contributed by atoms with Gasteiger partial charge in [-0.1, -0.05) is 87.8 Å². The van der Waals surface area contributed by atoms with Crippen molar-refractivity contribution >= 4 is 62.6 Å². The van der Waals surface area contributed by atoms with E-state index in [1.807, 2.05) is 48.5 Å². The Morgan fingerprint density at radius 3 is 2.42 bits per heavy atom. The number of allylic oxidation sites excluding steroid dienone is 1. The summed E-state index contributed by atoms with van der Waals surface area (Å²) in [7, 11) is 0. The lowest BCUT2D eigenvalue weighted by atomic mass is 9.81. The SMILES string of the molecule is CCOC(=O)C1=C(c2ccccc2)NC(SCC(=O)Nc2ccc(Br)cc2)=C(C#N)C1c1ccccc1Cl. The average molecular weight is 609 g/mol. The second-order valence-electron chi connectivity index (χ2n) is 8.15. The number of hydrogen-bond donors (Lipinski definition) is 2. The number of carbonyl (C=O) groups excluding carboxylic acids is 2. The zero-order valence-corrected chi connectivity index (χ0v) is 23.5. The highest BCUT2D eigenvalue weighted by atomic mass is 79.9. The first kappa shape index (κ1) is 27.5. The third-order valence-corrected chi connectivity index (χ3v) is 7.59. The molecule has 1 aliphatic rings. The summed E-state index contributed by atoms with van der Waals surface area (Å²) in [6.07, 6.45) is 0. The maximum atomic E-state index is 13.4. The fourth-order valence-electron chi connectivity index (χ4n) is 4.05. The van der Waals surface area contributed by atoms with Gasteiger partial charge in [0.05, 0.1) is 46.2 Å². The van der Waals surface area contributed by atoms with E-state index in [0.717, 1.165) is 10.0 Å². The molecule has 9 heteroatoms. The van der Waals surface area contributed by atoms with E-state index in [0.29, 0.717) is 27.0 Å². The molecule has 6 nitrogen and oxygen atoms in total. The highest BCUT2D eigenvalue weighted by molar-refractivity contribution is 9.10. The Hall–Kier alpha value is -3.51. The van der Waals surface area contributed by atoms with E-state index in [1.165, 1.54) is 11.8 Å². The van der Waals surface area contributed by atoms with E-state index in [-0.39, 0.29) is 29.4 Å². The van der Waals surface area contributed by atoms with Gasteiger partial charge in [0, 0.05) is 15.2 Å². The molecule has 0 aliphatic carbocycles. The van der Waals surface area contributed by atoms with E-state index in [4.69, 9.17) is 16.3 Å². The van der Waals surface area contributed by atoms with Gasteiger partial charge in [0.25, 0.3) is 0 Å². The number of anilines is 1. The number of rotatable bonds is 8. The van der Waals surface area contributed by atoms with Gasteiger partial charge < -0.3 is 15.4 Å². The van der Waals surface area contributed by atoms with Crippen molar-refractivity contribution in [3.63, 3.8) is 0 Å². The topological polar surface area (TPSA) is 91.2 Å². The van der Waals surface area contributed by atoms with Crippen LogP contribution >= 0.6 is 39.3 Å². The fraction of sp³-hybridized carbons (Fsp3) is 0.138. The van der Waals surface area contributed by atoms with Crippen LogP contribution < -0.4 is 10.6 Å². The minimum absolute atomic E-state index is 0.0373. The highest BCUT2D eigenvalue weighted by Gasteiger charge is 2.38. The van der Waals surface area contributed by atoms with Crippen LogP contribution in [0.5, 0.6) is 0 Å². The molecule has 1 aliphatic heterocycles. The maximum absolute atomic E-state index is 13.4. The predicted molar refractivity (Wildman–Crippen MR) is 155 cm³/mol. The number of halogens is 2. The third-order valence-electron chi connectivity index (χ3n) is 5.70. The Kier molecular flexibility index (Phi) is 9.29. The lowest BCUT2D eigenvalue weighted by molar-refractivity contribution is -0.138. The van der Waals surface area contributed by atoms with Crippen molar-refractivity contribution in [2.45, 2.75) is 12.8 Å². The van der Waals surface area contributed by atoms with Crippen molar-refractivity contribution in [2.24, 2.45) is 0 Å². The molecule has 4 rings (SSSR count). The number of carbonyl (C=O) groups is 2. The standard InChI is InChI=1S/C29H23BrClN3O3S/c1-2-37-29(36)26-25(21-10-6-7-11-23(21)31)22(16-32)28(34-27(26)18-8-4-3-5-9-18)38-17-24(35)33-20-14-12-19(30)13-15-20/h3-15,25,34H,2,17H2,1H3,(H,33,35). The summed E-state index contributed by atoms with van der Waals surface area (Å²) in [5.74, 6) is -1.54. The molecule has 38 heavy (non-hydrogen) atoms. The number of amides is 1.